The van der Waals surface area contributed by atoms with Crippen molar-refractivity contribution in [2.45, 2.75) is 25.2 Å². The number of benzene rings is 3. The fraction of sp³-hybridized carbons (Fsp3) is 0.333. The number of hydrogen-bond donors (Lipinski definition) is 1. The standard InChI is InChI=1S/C30H35N5O3S2.ClH/c1-3-23-9-8-12-27-28(23)32-30(39-27)34-21-19-33(20-22-34)18-17-31-29(36)24-13-15-26(16-14-24)40(37,38)35(4-2)25-10-6-5-7-11-25;/h5-16H,3-4,17-22H2,1-2H3,(H,31,36);1H. The molecule has 1 N–H and O–H groups in total. The number of nitrogens with zero attached hydrogens (tertiary/aromatic N) is 4. The molecule has 4 aromatic rings. The largest absolute Gasteiger partial charge is 0.351 e. The first-order valence-electron chi connectivity index (χ1n) is 13.7. The summed E-state index contributed by atoms with van der Waals surface area (Å²) in [6, 6.07) is 21.6. The Bertz CT molecular complexity index is 1550. The lowest BCUT2D eigenvalue weighted by Crippen LogP contribution is -2.48. The lowest BCUT2D eigenvalue weighted by atomic mass is 10.1. The molecule has 3 aromatic carbocycles. The molecule has 1 aromatic heterocycles. The molecule has 2 heterocycles. The third-order valence-electron chi connectivity index (χ3n) is 7.26. The van der Waals surface area contributed by atoms with Gasteiger partial charge < -0.3 is 10.2 Å². The van der Waals surface area contributed by atoms with Gasteiger partial charge in [-0.05, 0) is 61.4 Å². The number of thiazole rings is 1. The second-order valence-corrected chi connectivity index (χ2v) is 12.6. The highest BCUT2D eigenvalue weighted by atomic mass is 35.5. The van der Waals surface area contributed by atoms with E-state index in [-0.39, 0.29) is 23.2 Å². The van der Waals surface area contributed by atoms with Crippen LogP contribution in [-0.4, -0.2) is 70.0 Å². The van der Waals surface area contributed by atoms with Gasteiger partial charge in [0.25, 0.3) is 15.9 Å². The van der Waals surface area contributed by atoms with Crippen molar-refractivity contribution in [1.29, 1.82) is 0 Å². The third-order valence-corrected chi connectivity index (χ3v) is 10.3. The van der Waals surface area contributed by atoms with Crippen molar-refractivity contribution in [3.63, 3.8) is 0 Å². The van der Waals surface area contributed by atoms with Crippen LogP contribution in [0.1, 0.15) is 29.8 Å². The Labute approximate surface area is 252 Å². The second kappa shape index (κ2) is 13.7. The Morgan fingerprint density at radius 2 is 1.66 bits per heavy atom. The molecule has 8 nitrogen and oxygen atoms in total. The molecule has 0 aliphatic carbocycles. The Kier molecular flexibility index (Phi) is 10.2. The van der Waals surface area contributed by atoms with E-state index in [1.54, 1.807) is 42.5 Å². The Hall–Kier alpha value is -3.18. The van der Waals surface area contributed by atoms with E-state index >= 15 is 0 Å². The fourth-order valence-electron chi connectivity index (χ4n) is 5.00. The summed E-state index contributed by atoms with van der Waals surface area (Å²) in [5, 5.41) is 4.06. The number of carbonyl (C=O) groups excluding carboxylic acids is 1. The summed E-state index contributed by atoms with van der Waals surface area (Å²) in [5.74, 6) is -0.209. The van der Waals surface area contributed by atoms with Crippen molar-refractivity contribution in [2.24, 2.45) is 0 Å². The number of aryl methyl sites for hydroxylation is 1. The van der Waals surface area contributed by atoms with Crippen LogP contribution >= 0.6 is 23.7 Å². The van der Waals surface area contributed by atoms with Crippen molar-refractivity contribution in [3.8, 4) is 0 Å². The predicted molar refractivity (Wildman–Crippen MR) is 170 cm³/mol. The van der Waals surface area contributed by atoms with E-state index in [0.717, 1.165) is 49.8 Å². The second-order valence-electron chi connectivity index (χ2n) is 9.73. The van der Waals surface area contributed by atoms with Crippen LogP contribution in [0.3, 0.4) is 0 Å². The number of piperazine rings is 1. The van der Waals surface area contributed by atoms with E-state index < -0.39 is 10.0 Å². The highest BCUT2D eigenvalue weighted by Crippen LogP contribution is 2.31. The molecular formula is C30H36ClN5O3S2. The maximum Gasteiger partial charge on any atom is 0.264 e. The molecule has 1 amide bonds. The number of amides is 1. The first kappa shape index (κ1) is 30.8. The Balaban J connectivity index is 0.00000387. The van der Waals surface area contributed by atoms with Gasteiger partial charge in [-0.1, -0.05) is 48.6 Å². The van der Waals surface area contributed by atoms with E-state index in [1.165, 1.54) is 26.7 Å². The fourth-order valence-corrected chi connectivity index (χ4v) is 7.54. The van der Waals surface area contributed by atoms with E-state index in [4.69, 9.17) is 4.98 Å². The Morgan fingerprint density at radius 1 is 0.951 bits per heavy atom. The number of hydrogen-bond acceptors (Lipinski definition) is 7. The molecule has 0 spiro atoms. The molecule has 218 valence electrons. The zero-order valence-corrected chi connectivity index (χ0v) is 25.8. The van der Waals surface area contributed by atoms with Crippen molar-refractivity contribution in [1.82, 2.24) is 15.2 Å². The first-order chi connectivity index (χ1) is 19.4. The summed E-state index contributed by atoms with van der Waals surface area (Å²) >= 11 is 1.76. The molecule has 0 unspecified atom stereocenters. The van der Waals surface area contributed by atoms with E-state index in [2.05, 4.69) is 40.2 Å². The highest BCUT2D eigenvalue weighted by Gasteiger charge is 2.24. The normalized spacial score (nSPS) is 14.0. The van der Waals surface area contributed by atoms with E-state index in [0.29, 0.717) is 24.3 Å². The lowest BCUT2D eigenvalue weighted by molar-refractivity contribution is 0.0947. The molecular weight excluding hydrogens is 578 g/mol. The minimum atomic E-state index is -3.73. The van der Waals surface area contributed by atoms with Crippen LogP contribution < -0.4 is 14.5 Å². The molecule has 0 bridgehead atoms. The number of rotatable bonds is 10. The summed E-state index contributed by atoms with van der Waals surface area (Å²) in [6.45, 7) is 9.19. The van der Waals surface area contributed by atoms with Gasteiger partial charge in [-0.2, -0.15) is 0 Å². The third kappa shape index (κ3) is 6.83. The van der Waals surface area contributed by atoms with Crippen molar-refractivity contribution in [3.05, 3.63) is 83.9 Å². The van der Waals surface area contributed by atoms with Gasteiger partial charge in [0.15, 0.2) is 5.13 Å². The van der Waals surface area contributed by atoms with E-state index in [9.17, 15) is 13.2 Å². The molecule has 41 heavy (non-hydrogen) atoms. The molecule has 1 fully saturated rings. The molecule has 1 aliphatic rings. The van der Waals surface area contributed by atoms with E-state index in [1.807, 2.05) is 18.2 Å². The van der Waals surface area contributed by atoms with Gasteiger partial charge in [-0.25, -0.2) is 13.4 Å². The van der Waals surface area contributed by atoms with Gasteiger partial charge >= 0.3 is 0 Å². The van der Waals surface area contributed by atoms with Crippen LogP contribution in [0.4, 0.5) is 10.8 Å². The number of carbonyl (C=O) groups is 1. The van der Waals surface area contributed by atoms with Crippen LogP contribution in [0.5, 0.6) is 0 Å². The Morgan fingerprint density at radius 3 is 2.32 bits per heavy atom. The number of halogens is 1. The van der Waals surface area contributed by atoms with Gasteiger partial charge in [-0.3, -0.25) is 14.0 Å². The quantitative estimate of drug-likeness (QED) is 0.270. The minimum Gasteiger partial charge on any atom is -0.351 e. The number of para-hydroxylation sites is 2. The van der Waals surface area contributed by atoms with Crippen LogP contribution in [0, 0.1) is 0 Å². The zero-order valence-electron chi connectivity index (χ0n) is 23.3. The highest BCUT2D eigenvalue weighted by molar-refractivity contribution is 7.92. The summed E-state index contributed by atoms with van der Waals surface area (Å²) < 4.78 is 29.0. The molecule has 11 heteroatoms. The number of sulfonamides is 1. The van der Waals surface area contributed by atoms with Gasteiger partial charge in [-0.15, -0.1) is 12.4 Å². The summed E-state index contributed by atoms with van der Waals surface area (Å²) in [7, 11) is -3.73. The number of aromatic nitrogens is 1. The number of anilines is 2. The van der Waals surface area contributed by atoms with Gasteiger partial charge in [0.1, 0.15) is 0 Å². The zero-order chi connectivity index (χ0) is 28.1. The van der Waals surface area contributed by atoms with Crippen molar-refractivity contribution >= 4 is 60.7 Å². The topological polar surface area (TPSA) is 85.8 Å². The maximum absolute atomic E-state index is 13.2. The van der Waals surface area contributed by atoms with Crippen molar-refractivity contribution < 1.29 is 13.2 Å². The summed E-state index contributed by atoms with van der Waals surface area (Å²) in [6.07, 6.45) is 0.981. The molecule has 0 radical (unpaired) electrons. The number of fused-ring (bicyclic) bond motifs is 1. The van der Waals surface area contributed by atoms with Crippen molar-refractivity contribution in [2.75, 3.05) is 55.0 Å². The SMILES string of the molecule is CCc1cccc2sc(N3CCN(CCNC(=O)c4ccc(S(=O)(=O)N(CC)c5ccccc5)cc4)CC3)nc12.Cl. The molecule has 5 rings (SSSR count). The van der Waals surface area contributed by atoms with Crippen LogP contribution in [-0.2, 0) is 16.4 Å². The van der Waals surface area contributed by atoms with Gasteiger partial charge in [0.05, 0.1) is 20.8 Å². The maximum atomic E-state index is 13.2. The average molecular weight is 614 g/mol. The first-order valence-corrected chi connectivity index (χ1v) is 16.0. The molecule has 1 saturated heterocycles. The smallest absolute Gasteiger partial charge is 0.264 e. The summed E-state index contributed by atoms with van der Waals surface area (Å²) in [4.78, 5) is 22.5. The van der Waals surface area contributed by atoms with Crippen LogP contribution in [0.15, 0.2) is 77.7 Å². The van der Waals surface area contributed by atoms with Gasteiger partial charge in [0, 0.05) is 51.4 Å². The van der Waals surface area contributed by atoms with Crippen LogP contribution in [0.25, 0.3) is 10.2 Å². The van der Waals surface area contributed by atoms with Crippen LogP contribution in [0.2, 0.25) is 0 Å². The molecule has 0 saturated carbocycles. The predicted octanol–water partition coefficient (Wildman–Crippen LogP) is 5.05. The minimum absolute atomic E-state index is 0. The van der Waals surface area contributed by atoms with Gasteiger partial charge in [0.2, 0.25) is 0 Å². The molecule has 0 atom stereocenters. The lowest BCUT2D eigenvalue weighted by Gasteiger charge is -2.34. The molecule has 1 aliphatic heterocycles. The average Bonchev–Trinajstić information content (AvgIpc) is 3.43. The monoisotopic (exact) mass is 613 g/mol. The number of nitrogens with one attached hydrogen (secondary N) is 1. The summed E-state index contributed by atoms with van der Waals surface area (Å²) in [5.41, 5.74) is 3.47.